The van der Waals surface area contributed by atoms with Crippen LogP contribution in [0, 0.1) is 0 Å². The number of halogens is 1. The summed E-state index contributed by atoms with van der Waals surface area (Å²) < 4.78 is 4.90. The van der Waals surface area contributed by atoms with Crippen molar-refractivity contribution in [2.24, 2.45) is 0 Å². The molecule has 0 radical (unpaired) electrons. The molecular weight excluding hydrogens is 220 g/mol. The summed E-state index contributed by atoms with van der Waals surface area (Å²) in [5.41, 5.74) is 5.99. The van der Waals surface area contributed by atoms with E-state index in [0.29, 0.717) is 18.1 Å². The molecular formula is C8H13ClN4O2. The molecule has 0 saturated heterocycles. The smallest absolute Gasteiger partial charge is 0.224 e. The number of nitrogens with two attached hydrogens (primary N) is 1. The first kappa shape index (κ1) is 12.0. The Morgan fingerprint density at radius 1 is 1.73 bits per heavy atom. The minimum absolute atomic E-state index is 0.0884. The fourth-order valence-electron chi connectivity index (χ4n) is 1.02. The second-order valence-electron chi connectivity index (χ2n) is 2.92. The van der Waals surface area contributed by atoms with Crippen molar-refractivity contribution in [2.75, 3.05) is 31.4 Å². The summed E-state index contributed by atoms with van der Waals surface area (Å²) in [5.74, 6) is 0.395. The molecule has 0 aromatic carbocycles. The standard InChI is InChI=1S/C8H13ClN4O2/c1-15-4-5(3-14)12-7-6(10)2-11-8(9)13-7/h2,5,14H,3-4,10H2,1H3,(H,11,12,13). The Labute approximate surface area is 92.4 Å². The Morgan fingerprint density at radius 3 is 3.07 bits per heavy atom. The van der Waals surface area contributed by atoms with E-state index in [1.54, 1.807) is 7.11 Å². The predicted molar refractivity (Wildman–Crippen MR) is 57.8 cm³/mol. The highest BCUT2D eigenvalue weighted by Crippen LogP contribution is 2.16. The third kappa shape index (κ3) is 3.50. The Morgan fingerprint density at radius 2 is 2.47 bits per heavy atom. The van der Waals surface area contributed by atoms with E-state index in [1.165, 1.54) is 6.20 Å². The molecule has 84 valence electrons. The van der Waals surface area contributed by atoms with Gasteiger partial charge < -0.3 is 20.9 Å². The molecule has 1 heterocycles. The van der Waals surface area contributed by atoms with Gasteiger partial charge in [0.2, 0.25) is 5.28 Å². The van der Waals surface area contributed by atoms with Gasteiger partial charge in [0.25, 0.3) is 0 Å². The Kier molecular flexibility index (Phi) is 4.54. The number of hydrogen-bond donors (Lipinski definition) is 3. The zero-order chi connectivity index (χ0) is 11.3. The lowest BCUT2D eigenvalue weighted by molar-refractivity contribution is 0.153. The molecule has 0 aliphatic heterocycles. The van der Waals surface area contributed by atoms with Crippen molar-refractivity contribution >= 4 is 23.1 Å². The SMILES string of the molecule is COCC(CO)Nc1nc(Cl)ncc1N. The molecule has 0 aliphatic carbocycles. The van der Waals surface area contributed by atoms with Crippen LogP contribution in [0.2, 0.25) is 5.28 Å². The van der Waals surface area contributed by atoms with Crippen LogP contribution in [0.3, 0.4) is 0 Å². The summed E-state index contributed by atoms with van der Waals surface area (Å²) >= 11 is 5.61. The van der Waals surface area contributed by atoms with Crippen molar-refractivity contribution in [3.8, 4) is 0 Å². The molecule has 0 bridgehead atoms. The Balaban J connectivity index is 2.73. The van der Waals surface area contributed by atoms with Crippen LogP contribution < -0.4 is 11.1 Å². The van der Waals surface area contributed by atoms with E-state index < -0.39 is 0 Å². The highest BCUT2D eigenvalue weighted by molar-refractivity contribution is 6.28. The van der Waals surface area contributed by atoms with Gasteiger partial charge in [-0.25, -0.2) is 4.98 Å². The number of aliphatic hydroxyl groups excluding tert-OH is 1. The minimum Gasteiger partial charge on any atom is -0.394 e. The molecule has 1 aromatic rings. The molecule has 1 rings (SSSR count). The van der Waals surface area contributed by atoms with Crippen LogP contribution in [0.25, 0.3) is 0 Å². The molecule has 15 heavy (non-hydrogen) atoms. The van der Waals surface area contributed by atoms with Crippen molar-refractivity contribution < 1.29 is 9.84 Å². The summed E-state index contributed by atoms with van der Waals surface area (Å²) in [6.45, 7) is 0.256. The van der Waals surface area contributed by atoms with Gasteiger partial charge in [-0.05, 0) is 11.6 Å². The average Bonchev–Trinajstić information content (AvgIpc) is 2.22. The topological polar surface area (TPSA) is 93.3 Å². The highest BCUT2D eigenvalue weighted by atomic mass is 35.5. The van der Waals surface area contributed by atoms with Gasteiger partial charge >= 0.3 is 0 Å². The normalized spacial score (nSPS) is 12.5. The lowest BCUT2D eigenvalue weighted by atomic mass is 10.3. The number of aromatic nitrogens is 2. The third-order valence-electron chi connectivity index (χ3n) is 1.72. The molecule has 1 aromatic heterocycles. The number of hydrogen-bond acceptors (Lipinski definition) is 6. The molecule has 7 heteroatoms. The summed E-state index contributed by atoms with van der Waals surface area (Å²) in [7, 11) is 1.54. The molecule has 0 aliphatic rings. The predicted octanol–water partition coefficient (Wildman–Crippen LogP) is 0.131. The molecule has 0 spiro atoms. The summed E-state index contributed by atoms with van der Waals surface area (Å²) in [4.78, 5) is 7.61. The molecule has 1 atom stereocenters. The van der Waals surface area contributed by atoms with Gasteiger partial charge in [0.1, 0.15) is 0 Å². The van der Waals surface area contributed by atoms with Crippen molar-refractivity contribution in [1.29, 1.82) is 0 Å². The van der Waals surface area contributed by atoms with Crippen LogP contribution in [0.5, 0.6) is 0 Å². The molecule has 0 amide bonds. The minimum atomic E-state index is -0.275. The van der Waals surface area contributed by atoms with Crippen LogP contribution in [0.4, 0.5) is 11.5 Å². The quantitative estimate of drug-likeness (QED) is 0.625. The maximum Gasteiger partial charge on any atom is 0.224 e. The molecule has 1 unspecified atom stereocenters. The second-order valence-corrected chi connectivity index (χ2v) is 3.26. The number of nitrogens with one attached hydrogen (secondary N) is 1. The van der Waals surface area contributed by atoms with Crippen LogP contribution in [-0.2, 0) is 4.74 Å². The van der Waals surface area contributed by atoms with Crippen LogP contribution in [0.1, 0.15) is 0 Å². The number of anilines is 2. The van der Waals surface area contributed by atoms with E-state index in [4.69, 9.17) is 27.2 Å². The fourth-order valence-corrected chi connectivity index (χ4v) is 1.15. The van der Waals surface area contributed by atoms with E-state index in [2.05, 4.69) is 15.3 Å². The zero-order valence-corrected chi connectivity index (χ0v) is 9.03. The molecule has 6 nitrogen and oxygen atoms in total. The lowest BCUT2D eigenvalue weighted by Crippen LogP contribution is -2.29. The van der Waals surface area contributed by atoms with E-state index in [1.807, 2.05) is 0 Å². The van der Waals surface area contributed by atoms with Gasteiger partial charge in [-0.2, -0.15) is 4.98 Å². The van der Waals surface area contributed by atoms with Crippen molar-refractivity contribution in [1.82, 2.24) is 9.97 Å². The highest BCUT2D eigenvalue weighted by Gasteiger charge is 2.10. The maximum atomic E-state index is 9.02. The third-order valence-corrected chi connectivity index (χ3v) is 1.90. The number of ether oxygens (including phenoxy) is 1. The van der Waals surface area contributed by atoms with Gasteiger partial charge in [-0.15, -0.1) is 0 Å². The van der Waals surface area contributed by atoms with Gasteiger partial charge in [-0.1, -0.05) is 0 Å². The first-order valence-corrected chi connectivity index (χ1v) is 4.69. The molecule has 4 N–H and O–H groups in total. The van der Waals surface area contributed by atoms with E-state index in [9.17, 15) is 0 Å². The largest absolute Gasteiger partial charge is 0.394 e. The number of methoxy groups -OCH3 is 1. The van der Waals surface area contributed by atoms with Gasteiger partial charge in [0.15, 0.2) is 5.82 Å². The monoisotopic (exact) mass is 232 g/mol. The van der Waals surface area contributed by atoms with E-state index >= 15 is 0 Å². The van der Waals surface area contributed by atoms with Gasteiger partial charge in [0.05, 0.1) is 31.1 Å². The van der Waals surface area contributed by atoms with Crippen molar-refractivity contribution in [3.05, 3.63) is 11.5 Å². The molecule has 0 fully saturated rings. The molecule has 0 saturated carbocycles. The second kappa shape index (κ2) is 5.69. The van der Waals surface area contributed by atoms with E-state index in [-0.39, 0.29) is 17.9 Å². The van der Waals surface area contributed by atoms with Gasteiger partial charge in [-0.3, -0.25) is 0 Å². The van der Waals surface area contributed by atoms with Crippen LogP contribution >= 0.6 is 11.6 Å². The number of nitrogen functional groups attached to an aromatic ring is 1. The lowest BCUT2D eigenvalue weighted by Gasteiger charge is -2.16. The number of aliphatic hydroxyl groups is 1. The number of rotatable bonds is 5. The summed E-state index contributed by atoms with van der Waals surface area (Å²) in [5, 5.41) is 12.0. The Hall–Kier alpha value is -1.11. The van der Waals surface area contributed by atoms with Crippen molar-refractivity contribution in [2.45, 2.75) is 6.04 Å². The van der Waals surface area contributed by atoms with Crippen LogP contribution in [-0.4, -0.2) is 41.4 Å². The average molecular weight is 233 g/mol. The first-order valence-electron chi connectivity index (χ1n) is 4.31. The van der Waals surface area contributed by atoms with Gasteiger partial charge in [0, 0.05) is 7.11 Å². The zero-order valence-electron chi connectivity index (χ0n) is 8.27. The van der Waals surface area contributed by atoms with Crippen molar-refractivity contribution in [3.63, 3.8) is 0 Å². The fraction of sp³-hybridized carbons (Fsp3) is 0.500. The maximum absolute atomic E-state index is 9.02. The Bertz CT molecular complexity index is 324. The van der Waals surface area contributed by atoms with Crippen LogP contribution in [0.15, 0.2) is 6.20 Å². The summed E-state index contributed by atoms with van der Waals surface area (Å²) in [6, 6.07) is -0.275. The summed E-state index contributed by atoms with van der Waals surface area (Å²) in [6.07, 6.45) is 1.40. The number of nitrogens with zero attached hydrogens (tertiary/aromatic N) is 2. The van der Waals surface area contributed by atoms with E-state index in [0.717, 1.165) is 0 Å². The first-order chi connectivity index (χ1) is 7.17.